The second kappa shape index (κ2) is 6.48. The quantitative estimate of drug-likeness (QED) is 0.591. The maximum atomic E-state index is 14.5. The largest absolute Gasteiger partial charge is 0.384 e. The highest BCUT2D eigenvalue weighted by Crippen LogP contribution is 2.30. The molecule has 4 rings (SSSR count). The van der Waals surface area contributed by atoms with E-state index >= 15 is 0 Å². The molecule has 4 aromatic rings. The van der Waals surface area contributed by atoms with E-state index in [9.17, 15) is 14.8 Å². The first-order valence-electron chi connectivity index (χ1n) is 8.46. The van der Waals surface area contributed by atoms with Gasteiger partial charge in [-0.3, -0.25) is 4.98 Å². The van der Waals surface area contributed by atoms with E-state index in [4.69, 9.17) is 0 Å². The number of hydrogen-bond acceptors (Lipinski definition) is 6. The number of nitrogens with zero attached hydrogens (tertiary/aromatic N) is 6. The molecule has 0 aliphatic rings. The molecule has 3 heterocycles. The van der Waals surface area contributed by atoms with Gasteiger partial charge in [0.1, 0.15) is 17.5 Å². The third-order valence-electron chi connectivity index (χ3n) is 4.36. The summed E-state index contributed by atoms with van der Waals surface area (Å²) in [4.78, 5) is 12.5. The molecule has 7 nitrogen and oxygen atoms in total. The van der Waals surface area contributed by atoms with Crippen LogP contribution >= 0.6 is 0 Å². The zero-order chi connectivity index (χ0) is 19.9. The van der Waals surface area contributed by atoms with Gasteiger partial charge in [0.2, 0.25) is 0 Å². The Kier molecular flexibility index (Phi) is 4.09. The molecule has 0 amide bonds. The molecule has 8 heteroatoms. The molecule has 0 aliphatic carbocycles. The van der Waals surface area contributed by atoms with E-state index in [-0.39, 0.29) is 11.1 Å². The van der Waals surface area contributed by atoms with Crippen LogP contribution in [0.25, 0.3) is 28.2 Å². The fourth-order valence-corrected chi connectivity index (χ4v) is 2.88. The van der Waals surface area contributed by atoms with Crippen molar-refractivity contribution in [1.29, 1.82) is 5.26 Å². The van der Waals surface area contributed by atoms with Crippen LogP contribution in [0.4, 0.5) is 4.39 Å². The predicted octanol–water partition coefficient (Wildman–Crippen LogP) is 3.09. The number of hydrogen-bond donors (Lipinski definition) is 1. The first-order valence-corrected chi connectivity index (χ1v) is 8.46. The summed E-state index contributed by atoms with van der Waals surface area (Å²) in [6.45, 7) is 3.23. The molecule has 1 N–H and O–H groups in total. The van der Waals surface area contributed by atoms with Crippen LogP contribution in [0, 0.1) is 17.1 Å². The molecule has 3 aromatic heterocycles. The molecular weight excluding hydrogens is 359 g/mol. The van der Waals surface area contributed by atoms with Gasteiger partial charge in [0.25, 0.3) is 5.78 Å². The zero-order valence-electron chi connectivity index (χ0n) is 15.1. The lowest BCUT2D eigenvalue weighted by molar-refractivity contribution is 0.0734. The van der Waals surface area contributed by atoms with Crippen molar-refractivity contribution in [3.8, 4) is 28.5 Å². The topological polar surface area (TPSA) is 100.0 Å². The van der Waals surface area contributed by atoms with Gasteiger partial charge in [-0.05, 0) is 38.1 Å². The fourth-order valence-electron chi connectivity index (χ4n) is 2.88. The second-order valence-electron chi connectivity index (χ2n) is 6.78. The van der Waals surface area contributed by atoms with Gasteiger partial charge in [-0.15, -0.1) is 0 Å². The summed E-state index contributed by atoms with van der Waals surface area (Å²) in [7, 11) is 0. The fraction of sp³-hybridized carbons (Fsp3) is 0.150. The van der Waals surface area contributed by atoms with Crippen molar-refractivity contribution in [2.24, 2.45) is 0 Å². The Labute approximate surface area is 159 Å². The van der Waals surface area contributed by atoms with E-state index in [1.54, 1.807) is 38.2 Å². The van der Waals surface area contributed by atoms with E-state index in [2.05, 4.69) is 20.1 Å². The van der Waals surface area contributed by atoms with Crippen LogP contribution in [0.15, 0.2) is 49.1 Å². The van der Waals surface area contributed by atoms with E-state index < -0.39 is 11.4 Å². The molecule has 0 radical (unpaired) electrons. The third-order valence-corrected chi connectivity index (χ3v) is 4.36. The summed E-state index contributed by atoms with van der Waals surface area (Å²) >= 11 is 0. The Morgan fingerprint density at radius 2 is 1.96 bits per heavy atom. The number of pyridine rings is 1. The van der Waals surface area contributed by atoms with Gasteiger partial charge in [0.15, 0.2) is 0 Å². The number of aliphatic hydroxyl groups is 1. The van der Waals surface area contributed by atoms with E-state index in [1.807, 2.05) is 6.07 Å². The summed E-state index contributed by atoms with van der Waals surface area (Å²) in [6, 6.07) is 8.22. The van der Waals surface area contributed by atoms with Crippen LogP contribution in [0.3, 0.4) is 0 Å². The van der Waals surface area contributed by atoms with Crippen LogP contribution in [0.1, 0.15) is 25.1 Å². The number of rotatable bonds is 3. The van der Waals surface area contributed by atoms with Crippen molar-refractivity contribution in [2.45, 2.75) is 19.4 Å². The van der Waals surface area contributed by atoms with Gasteiger partial charge in [-0.1, -0.05) is 0 Å². The normalized spacial score (nSPS) is 11.5. The SMILES string of the molecule is CC(C)(O)c1cnn2c(-c3ccc(F)c(-c4ccncc4C#N)c3)cnc2n1. The first-order chi connectivity index (χ1) is 13.4. The molecule has 0 aliphatic heterocycles. The van der Waals surface area contributed by atoms with Crippen molar-refractivity contribution >= 4 is 5.78 Å². The summed E-state index contributed by atoms with van der Waals surface area (Å²) < 4.78 is 16.0. The Hall–Kier alpha value is -3.70. The summed E-state index contributed by atoms with van der Waals surface area (Å²) in [5, 5.41) is 23.7. The summed E-state index contributed by atoms with van der Waals surface area (Å²) in [5.41, 5.74) is 1.56. The molecule has 1 aromatic carbocycles. The molecule has 28 heavy (non-hydrogen) atoms. The molecule has 0 saturated heterocycles. The van der Waals surface area contributed by atoms with Gasteiger partial charge < -0.3 is 5.11 Å². The number of aromatic nitrogens is 5. The van der Waals surface area contributed by atoms with Gasteiger partial charge in [-0.2, -0.15) is 14.9 Å². The molecule has 138 valence electrons. The van der Waals surface area contributed by atoms with Crippen molar-refractivity contribution in [1.82, 2.24) is 24.6 Å². The van der Waals surface area contributed by atoms with Crippen molar-refractivity contribution in [3.63, 3.8) is 0 Å². The standard InChI is InChI=1S/C20H15FN6O/c1-20(2,28)18-11-25-27-17(10-24-19(27)26-18)12-3-4-16(21)15(7-12)14-5-6-23-9-13(14)8-22/h3-7,9-11,28H,1-2H3. The lowest BCUT2D eigenvalue weighted by Gasteiger charge is -2.15. The molecule has 0 fully saturated rings. The monoisotopic (exact) mass is 374 g/mol. The second-order valence-corrected chi connectivity index (χ2v) is 6.78. The number of fused-ring (bicyclic) bond motifs is 1. The van der Waals surface area contributed by atoms with E-state index in [1.165, 1.54) is 29.2 Å². The predicted molar refractivity (Wildman–Crippen MR) is 99.4 cm³/mol. The lowest BCUT2D eigenvalue weighted by Crippen LogP contribution is -2.19. The van der Waals surface area contributed by atoms with Crippen molar-refractivity contribution in [2.75, 3.05) is 0 Å². The molecular formula is C20H15FN6O. The highest BCUT2D eigenvalue weighted by atomic mass is 19.1. The Bertz CT molecular complexity index is 1240. The first kappa shape index (κ1) is 17.7. The van der Waals surface area contributed by atoms with Crippen LogP contribution in [-0.2, 0) is 5.60 Å². The highest BCUT2D eigenvalue weighted by molar-refractivity contribution is 5.75. The Morgan fingerprint density at radius 3 is 2.71 bits per heavy atom. The van der Waals surface area contributed by atoms with E-state index in [0.717, 1.165) is 0 Å². The van der Waals surface area contributed by atoms with Gasteiger partial charge in [0, 0.05) is 29.1 Å². The summed E-state index contributed by atoms with van der Waals surface area (Å²) in [6.07, 6.45) is 5.97. The summed E-state index contributed by atoms with van der Waals surface area (Å²) in [5.74, 6) is -0.127. The minimum Gasteiger partial charge on any atom is -0.384 e. The van der Waals surface area contributed by atoms with Crippen LogP contribution in [-0.4, -0.2) is 29.7 Å². The number of nitriles is 1. The highest BCUT2D eigenvalue weighted by Gasteiger charge is 2.20. The maximum absolute atomic E-state index is 14.5. The van der Waals surface area contributed by atoms with Crippen molar-refractivity contribution < 1.29 is 9.50 Å². The average molecular weight is 374 g/mol. The van der Waals surface area contributed by atoms with Crippen LogP contribution in [0.2, 0.25) is 0 Å². The van der Waals surface area contributed by atoms with Gasteiger partial charge >= 0.3 is 0 Å². The van der Waals surface area contributed by atoms with Gasteiger partial charge in [-0.25, -0.2) is 14.4 Å². The molecule has 0 bridgehead atoms. The lowest BCUT2D eigenvalue weighted by atomic mass is 9.99. The van der Waals surface area contributed by atoms with Gasteiger partial charge in [0.05, 0.1) is 29.3 Å². The Balaban J connectivity index is 1.86. The minimum absolute atomic E-state index is 0.284. The number of benzene rings is 1. The van der Waals surface area contributed by atoms with Crippen molar-refractivity contribution in [3.05, 3.63) is 66.1 Å². The minimum atomic E-state index is -1.14. The molecule has 0 unspecified atom stereocenters. The van der Waals surface area contributed by atoms with Crippen LogP contribution in [0.5, 0.6) is 0 Å². The average Bonchev–Trinajstić information content (AvgIpc) is 3.11. The van der Waals surface area contributed by atoms with Crippen LogP contribution < -0.4 is 0 Å². The number of halogens is 1. The maximum Gasteiger partial charge on any atom is 0.251 e. The molecule has 0 saturated carbocycles. The molecule has 0 atom stereocenters. The Morgan fingerprint density at radius 1 is 1.14 bits per heavy atom. The zero-order valence-corrected chi connectivity index (χ0v) is 15.1. The van der Waals surface area contributed by atoms with E-state index in [0.29, 0.717) is 28.3 Å². The molecule has 0 spiro atoms. The smallest absolute Gasteiger partial charge is 0.251 e. The number of imidazole rings is 1. The third kappa shape index (κ3) is 2.98.